The molecule has 3 rings (SSSR count). The summed E-state index contributed by atoms with van der Waals surface area (Å²) in [5.74, 6) is -0.210. The fourth-order valence-electron chi connectivity index (χ4n) is 2.25. The lowest BCUT2D eigenvalue weighted by Gasteiger charge is -2.18. The number of hydrogen-bond donors (Lipinski definition) is 0. The number of rotatable bonds is 2. The number of carbonyl (C=O) groups is 1. The van der Waals surface area contributed by atoms with E-state index in [4.69, 9.17) is 4.74 Å². The van der Waals surface area contributed by atoms with Crippen molar-refractivity contribution in [1.29, 1.82) is 0 Å². The molecule has 1 aromatic heterocycles. The number of aromatic nitrogens is 1. The van der Waals surface area contributed by atoms with Crippen LogP contribution >= 0.6 is 0 Å². The second-order valence-corrected chi connectivity index (χ2v) is 6.42. The van der Waals surface area contributed by atoms with Crippen LogP contribution in [0.15, 0.2) is 59.4 Å². The van der Waals surface area contributed by atoms with E-state index in [-0.39, 0.29) is 17.0 Å². The van der Waals surface area contributed by atoms with Crippen LogP contribution in [-0.2, 0) is 14.9 Å². The topological polar surface area (TPSA) is 51.6 Å². The van der Waals surface area contributed by atoms with Gasteiger partial charge in [0.1, 0.15) is 5.69 Å². The van der Waals surface area contributed by atoms with E-state index < -0.39 is 5.97 Å². The van der Waals surface area contributed by atoms with Gasteiger partial charge in [-0.1, -0.05) is 51.1 Å². The molecule has 0 aliphatic carbocycles. The van der Waals surface area contributed by atoms with Gasteiger partial charge in [-0.05, 0) is 34.8 Å². The maximum Gasteiger partial charge on any atom is 0.363 e. The normalized spacial score (nSPS) is 16.4. The van der Waals surface area contributed by atoms with Crippen LogP contribution in [0, 0.1) is 0 Å². The molecule has 2 heterocycles. The van der Waals surface area contributed by atoms with Gasteiger partial charge in [0.15, 0.2) is 5.70 Å². The molecule has 116 valence electrons. The third-order valence-electron chi connectivity index (χ3n) is 3.58. The zero-order valence-electron chi connectivity index (χ0n) is 13.4. The van der Waals surface area contributed by atoms with Crippen molar-refractivity contribution in [3.63, 3.8) is 0 Å². The number of esters is 1. The molecule has 0 N–H and O–H groups in total. The first-order valence-electron chi connectivity index (χ1n) is 7.48. The number of carbonyl (C=O) groups excluding carboxylic acids is 1. The molecule has 0 saturated heterocycles. The minimum Gasteiger partial charge on any atom is -0.400 e. The molecule has 1 aromatic carbocycles. The summed E-state index contributed by atoms with van der Waals surface area (Å²) in [5, 5.41) is 0. The number of aliphatic imine (C=N–C) groups is 1. The monoisotopic (exact) mass is 306 g/mol. The molecule has 4 nitrogen and oxygen atoms in total. The summed E-state index contributed by atoms with van der Waals surface area (Å²) in [7, 11) is 0. The van der Waals surface area contributed by atoms with Gasteiger partial charge < -0.3 is 4.74 Å². The standard InChI is InChI=1S/C19H18N2O2/c1-19(2,3)14-9-7-13(8-10-14)12-16-18(22)23-17(21-16)15-6-4-5-11-20-15/h4-12H,1-3H3/b16-12+. The predicted octanol–water partition coefficient (Wildman–Crippen LogP) is 3.72. The van der Waals surface area contributed by atoms with E-state index in [9.17, 15) is 4.79 Å². The molecule has 0 radical (unpaired) electrons. The average molecular weight is 306 g/mol. The van der Waals surface area contributed by atoms with E-state index in [1.807, 2.05) is 18.2 Å². The second kappa shape index (κ2) is 5.80. The maximum atomic E-state index is 12.0. The molecule has 0 fully saturated rings. The Kier molecular flexibility index (Phi) is 3.82. The van der Waals surface area contributed by atoms with Gasteiger partial charge in [0, 0.05) is 6.20 Å². The Labute approximate surface area is 135 Å². The zero-order chi connectivity index (χ0) is 16.4. The van der Waals surface area contributed by atoms with Gasteiger partial charge in [-0.2, -0.15) is 0 Å². The van der Waals surface area contributed by atoms with Crippen molar-refractivity contribution in [2.45, 2.75) is 26.2 Å². The van der Waals surface area contributed by atoms with Gasteiger partial charge in [-0.3, -0.25) is 4.98 Å². The molecule has 0 bridgehead atoms. The summed E-state index contributed by atoms with van der Waals surface area (Å²) in [6, 6.07) is 13.5. The quantitative estimate of drug-likeness (QED) is 0.627. The predicted molar refractivity (Wildman–Crippen MR) is 90.0 cm³/mol. The summed E-state index contributed by atoms with van der Waals surface area (Å²) in [6.45, 7) is 6.49. The van der Waals surface area contributed by atoms with Crippen molar-refractivity contribution in [3.8, 4) is 0 Å². The molecule has 0 saturated carbocycles. The molecule has 0 amide bonds. The molecule has 4 heteroatoms. The van der Waals surface area contributed by atoms with Gasteiger partial charge >= 0.3 is 5.97 Å². The SMILES string of the molecule is CC(C)(C)c1ccc(/C=C2/N=C(c3ccccn3)OC2=O)cc1. The third kappa shape index (κ3) is 3.37. The number of ether oxygens (including phenoxy) is 1. The smallest absolute Gasteiger partial charge is 0.363 e. The minimum absolute atomic E-state index is 0.0995. The Balaban J connectivity index is 1.88. The zero-order valence-corrected chi connectivity index (χ0v) is 13.4. The molecule has 0 spiro atoms. The van der Waals surface area contributed by atoms with Crippen LogP contribution < -0.4 is 0 Å². The van der Waals surface area contributed by atoms with Crippen molar-refractivity contribution >= 4 is 17.9 Å². The van der Waals surface area contributed by atoms with E-state index in [2.05, 4.69) is 42.9 Å². The molecule has 1 aliphatic rings. The Morgan fingerprint density at radius 3 is 2.39 bits per heavy atom. The van der Waals surface area contributed by atoms with Gasteiger partial charge in [0.2, 0.25) is 5.90 Å². The van der Waals surface area contributed by atoms with E-state index in [1.54, 1.807) is 24.4 Å². The molecular weight excluding hydrogens is 288 g/mol. The van der Waals surface area contributed by atoms with Crippen LogP contribution in [0.2, 0.25) is 0 Å². The van der Waals surface area contributed by atoms with Crippen LogP contribution in [0.5, 0.6) is 0 Å². The molecule has 0 atom stereocenters. The van der Waals surface area contributed by atoms with Crippen molar-refractivity contribution in [2.24, 2.45) is 4.99 Å². The van der Waals surface area contributed by atoms with Crippen LogP contribution in [0.4, 0.5) is 0 Å². The summed E-state index contributed by atoms with van der Waals surface area (Å²) < 4.78 is 5.19. The largest absolute Gasteiger partial charge is 0.400 e. The van der Waals surface area contributed by atoms with E-state index in [0.29, 0.717) is 5.69 Å². The summed E-state index contributed by atoms with van der Waals surface area (Å²) in [4.78, 5) is 20.3. The average Bonchev–Trinajstić information content (AvgIpc) is 2.89. The first-order valence-corrected chi connectivity index (χ1v) is 7.48. The van der Waals surface area contributed by atoms with Crippen molar-refractivity contribution < 1.29 is 9.53 Å². The maximum absolute atomic E-state index is 12.0. The molecule has 0 unspecified atom stereocenters. The Bertz CT molecular complexity index is 782. The van der Waals surface area contributed by atoms with E-state index in [1.165, 1.54) is 5.56 Å². The van der Waals surface area contributed by atoms with E-state index in [0.717, 1.165) is 5.56 Å². The number of benzene rings is 1. The lowest BCUT2D eigenvalue weighted by atomic mass is 9.87. The van der Waals surface area contributed by atoms with Crippen molar-refractivity contribution in [1.82, 2.24) is 4.98 Å². The summed E-state index contributed by atoms with van der Waals surface area (Å²) in [5.41, 5.74) is 3.09. The number of nitrogens with zero attached hydrogens (tertiary/aromatic N) is 2. The highest BCUT2D eigenvalue weighted by Crippen LogP contribution is 2.24. The number of cyclic esters (lactones) is 1. The Hall–Kier alpha value is -2.75. The Morgan fingerprint density at radius 2 is 1.78 bits per heavy atom. The van der Waals surface area contributed by atoms with E-state index >= 15 is 0 Å². The molecule has 23 heavy (non-hydrogen) atoms. The van der Waals surface area contributed by atoms with Crippen molar-refractivity contribution in [2.75, 3.05) is 0 Å². The van der Waals surface area contributed by atoms with Crippen molar-refractivity contribution in [3.05, 3.63) is 71.2 Å². The van der Waals surface area contributed by atoms with Crippen LogP contribution in [-0.4, -0.2) is 16.9 Å². The Morgan fingerprint density at radius 1 is 1.04 bits per heavy atom. The molecule has 1 aliphatic heterocycles. The van der Waals surface area contributed by atoms with Crippen LogP contribution in [0.1, 0.15) is 37.6 Å². The first kappa shape index (κ1) is 15.2. The number of pyridine rings is 1. The highest BCUT2D eigenvalue weighted by molar-refractivity contribution is 6.12. The van der Waals surface area contributed by atoms with Gasteiger partial charge in [-0.25, -0.2) is 9.79 Å². The highest BCUT2D eigenvalue weighted by Gasteiger charge is 2.24. The molecular formula is C19H18N2O2. The first-order chi connectivity index (χ1) is 10.9. The summed E-state index contributed by atoms with van der Waals surface area (Å²) in [6.07, 6.45) is 3.36. The summed E-state index contributed by atoms with van der Waals surface area (Å²) >= 11 is 0. The fraction of sp³-hybridized carbons (Fsp3) is 0.211. The molecule has 2 aromatic rings. The lowest BCUT2D eigenvalue weighted by Crippen LogP contribution is -2.10. The van der Waals surface area contributed by atoms with Crippen LogP contribution in [0.25, 0.3) is 6.08 Å². The number of hydrogen-bond acceptors (Lipinski definition) is 4. The van der Waals surface area contributed by atoms with Gasteiger partial charge in [0.25, 0.3) is 0 Å². The second-order valence-electron chi connectivity index (χ2n) is 6.42. The van der Waals surface area contributed by atoms with Crippen LogP contribution in [0.3, 0.4) is 0 Å². The lowest BCUT2D eigenvalue weighted by molar-refractivity contribution is -0.129. The third-order valence-corrected chi connectivity index (χ3v) is 3.58. The minimum atomic E-state index is -0.453. The highest BCUT2D eigenvalue weighted by atomic mass is 16.6. The fourth-order valence-corrected chi connectivity index (χ4v) is 2.25. The van der Waals surface area contributed by atoms with Gasteiger partial charge in [-0.15, -0.1) is 0 Å². The van der Waals surface area contributed by atoms with Gasteiger partial charge in [0.05, 0.1) is 0 Å².